The SMILES string of the molecule is NCc1cc(S(=O)(=O)[C@@]2(c3ccc(C(C(=O)O)=C(F)F)cc3)CCNC2)ccc1F. The highest BCUT2D eigenvalue weighted by molar-refractivity contribution is 7.92. The lowest BCUT2D eigenvalue weighted by atomic mass is 9.95. The Kier molecular flexibility index (Phi) is 6.02. The Labute approximate surface area is 171 Å². The number of carboxylic acid groups (broad SMARTS) is 1. The van der Waals surface area contributed by atoms with Crippen molar-refractivity contribution in [3.8, 4) is 0 Å². The summed E-state index contributed by atoms with van der Waals surface area (Å²) in [4.78, 5) is 11.0. The van der Waals surface area contributed by atoms with E-state index in [2.05, 4.69) is 5.32 Å². The molecule has 6 nitrogen and oxygen atoms in total. The van der Waals surface area contributed by atoms with Crippen LogP contribution in [0.1, 0.15) is 23.1 Å². The quantitative estimate of drug-likeness (QED) is 0.471. The summed E-state index contributed by atoms with van der Waals surface area (Å²) < 4.78 is 65.4. The highest BCUT2D eigenvalue weighted by Crippen LogP contribution is 2.41. The van der Waals surface area contributed by atoms with Crippen LogP contribution in [0.4, 0.5) is 13.2 Å². The monoisotopic (exact) mass is 440 g/mol. The van der Waals surface area contributed by atoms with Crippen LogP contribution in [0.15, 0.2) is 53.4 Å². The molecule has 3 rings (SSSR count). The summed E-state index contributed by atoms with van der Waals surface area (Å²) in [5.74, 6) is -2.39. The number of rotatable bonds is 6. The molecule has 0 unspecified atom stereocenters. The molecule has 2 aromatic carbocycles. The van der Waals surface area contributed by atoms with Crippen molar-refractivity contribution in [1.29, 1.82) is 0 Å². The minimum atomic E-state index is -4.03. The second-order valence-corrected chi connectivity index (χ2v) is 9.16. The van der Waals surface area contributed by atoms with E-state index in [0.29, 0.717) is 12.1 Å². The molecule has 1 aliphatic heterocycles. The number of aliphatic carboxylic acids is 1. The second kappa shape index (κ2) is 8.21. The molecule has 0 bridgehead atoms. The van der Waals surface area contributed by atoms with Crippen LogP contribution in [0.2, 0.25) is 0 Å². The molecule has 0 aromatic heterocycles. The van der Waals surface area contributed by atoms with Crippen LogP contribution in [0.3, 0.4) is 0 Å². The van der Waals surface area contributed by atoms with Crippen LogP contribution in [-0.4, -0.2) is 32.6 Å². The van der Waals surface area contributed by atoms with Crippen LogP contribution < -0.4 is 11.1 Å². The smallest absolute Gasteiger partial charge is 0.341 e. The Hall–Kier alpha value is -2.69. The van der Waals surface area contributed by atoms with Crippen molar-refractivity contribution >= 4 is 21.4 Å². The molecule has 1 atom stereocenters. The van der Waals surface area contributed by atoms with Crippen molar-refractivity contribution < 1.29 is 31.5 Å². The first kappa shape index (κ1) is 22.0. The van der Waals surface area contributed by atoms with Gasteiger partial charge in [0.2, 0.25) is 0 Å². The lowest BCUT2D eigenvalue weighted by Crippen LogP contribution is -2.38. The van der Waals surface area contributed by atoms with Gasteiger partial charge in [0.25, 0.3) is 6.08 Å². The van der Waals surface area contributed by atoms with Gasteiger partial charge in [0.1, 0.15) is 16.1 Å². The fourth-order valence-electron chi connectivity index (χ4n) is 3.65. The van der Waals surface area contributed by atoms with Crippen LogP contribution in [0, 0.1) is 5.82 Å². The first-order chi connectivity index (χ1) is 14.1. The van der Waals surface area contributed by atoms with Crippen molar-refractivity contribution in [3.63, 3.8) is 0 Å². The molecule has 30 heavy (non-hydrogen) atoms. The van der Waals surface area contributed by atoms with Gasteiger partial charge in [-0.3, -0.25) is 0 Å². The fourth-order valence-corrected chi connectivity index (χ4v) is 5.76. The van der Waals surface area contributed by atoms with E-state index in [1.54, 1.807) is 0 Å². The molecule has 160 valence electrons. The normalized spacial score (nSPS) is 18.9. The maximum atomic E-state index is 13.8. The van der Waals surface area contributed by atoms with E-state index < -0.39 is 38.0 Å². The van der Waals surface area contributed by atoms with Gasteiger partial charge in [-0.1, -0.05) is 24.3 Å². The third-order valence-electron chi connectivity index (χ3n) is 5.28. The average Bonchev–Trinajstić information content (AvgIpc) is 3.20. The number of benzene rings is 2. The molecule has 0 amide bonds. The summed E-state index contributed by atoms with van der Waals surface area (Å²) in [6.07, 6.45) is -2.15. The van der Waals surface area contributed by atoms with Gasteiger partial charge in [0.15, 0.2) is 9.84 Å². The lowest BCUT2D eigenvalue weighted by molar-refractivity contribution is -0.130. The zero-order valence-corrected chi connectivity index (χ0v) is 16.5. The van der Waals surface area contributed by atoms with E-state index in [1.165, 1.54) is 24.3 Å². The maximum absolute atomic E-state index is 13.8. The number of hydrogen-bond donors (Lipinski definition) is 3. The molecule has 0 saturated carbocycles. The van der Waals surface area contributed by atoms with Crippen LogP contribution >= 0.6 is 0 Å². The molecular weight excluding hydrogens is 421 g/mol. The second-order valence-electron chi connectivity index (χ2n) is 6.90. The maximum Gasteiger partial charge on any atom is 0.341 e. The number of carboxylic acids is 1. The van der Waals surface area contributed by atoms with Crippen molar-refractivity contribution in [1.82, 2.24) is 5.32 Å². The summed E-state index contributed by atoms with van der Waals surface area (Å²) in [6.45, 7) is 0.280. The summed E-state index contributed by atoms with van der Waals surface area (Å²) in [5.41, 5.74) is 4.49. The summed E-state index contributed by atoms with van der Waals surface area (Å²) in [5, 5.41) is 12.0. The van der Waals surface area contributed by atoms with Gasteiger partial charge in [-0.05, 0) is 42.3 Å². The zero-order chi connectivity index (χ0) is 22.1. The molecule has 0 aliphatic carbocycles. The highest BCUT2D eigenvalue weighted by atomic mass is 32.2. The number of sulfone groups is 1. The van der Waals surface area contributed by atoms with Gasteiger partial charge < -0.3 is 16.2 Å². The van der Waals surface area contributed by atoms with Gasteiger partial charge in [0, 0.05) is 18.7 Å². The molecule has 10 heteroatoms. The average molecular weight is 440 g/mol. The molecule has 1 saturated heterocycles. The topological polar surface area (TPSA) is 109 Å². The van der Waals surface area contributed by atoms with E-state index in [4.69, 9.17) is 10.8 Å². The van der Waals surface area contributed by atoms with Gasteiger partial charge >= 0.3 is 5.97 Å². The van der Waals surface area contributed by atoms with Crippen molar-refractivity contribution in [2.45, 2.75) is 22.6 Å². The van der Waals surface area contributed by atoms with E-state index in [9.17, 15) is 26.4 Å². The van der Waals surface area contributed by atoms with E-state index in [0.717, 1.165) is 18.2 Å². The first-order valence-electron chi connectivity index (χ1n) is 8.97. The Morgan fingerprint density at radius 3 is 2.33 bits per heavy atom. The predicted molar refractivity (Wildman–Crippen MR) is 104 cm³/mol. The van der Waals surface area contributed by atoms with Gasteiger partial charge in [0.05, 0.1) is 4.90 Å². The van der Waals surface area contributed by atoms with E-state index in [1.807, 2.05) is 0 Å². The minimum Gasteiger partial charge on any atom is -0.477 e. The summed E-state index contributed by atoms with van der Waals surface area (Å²) in [7, 11) is -4.03. The Bertz CT molecular complexity index is 1110. The highest BCUT2D eigenvalue weighted by Gasteiger charge is 2.48. The van der Waals surface area contributed by atoms with E-state index in [-0.39, 0.29) is 35.5 Å². The van der Waals surface area contributed by atoms with Gasteiger partial charge in [-0.2, -0.15) is 8.78 Å². The fraction of sp³-hybridized carbons (Fsp3) is 0.250. The molecule has 1 aliphatic rings. The first-order valence-corrected chi connectivity index (χ1v) is 10.5. The van der Waals surface area contributed by atoms with Crippen molar-refractivity contribution in [3.05, 3.63) is 71.1 Å². The molecule has 0 radical (unpaired) electrons. The number of nitrogens with one attached hydrogen (secondary N) is 1. The summed E-state index contributed by atoms with van der Waals surface area (Å²) >= 11 is 0. The zero-order valence-electron chi connectivity index (χ0n) is 15.7. The Morgan fingerprint density at radius 1 is 1.17 bits per heavy atom. The third kappa shape index (κ3) is 3.62. The van der Waals surface area contributed by atoms with Gasteiger partial charge in [-0.15, -0.1) is 0 Å². The molecule has 1 fully saturated rings. The largest absolute Gasteiger partial charge is 0.477 e. The number of halogens is 3. The number of carbonyl (C=O) groups is 1. The van der Waals surface area contributed by atoms with E-state index >= 15 is 0 Å². The number of hydrogen-bond acceptors (Lipinski definition) is 5. The molecular formula is C20H19F3N2O4S. The Balaban J connectivity index is 2.11. The summed E-state index contributed by atoms with van der Waals surface area (Å²) in [6, 6.07) is 8.39. The minimum absolute atomic E-state index is 0.0576. The van der Waals surface area contributed by atoms with Crippen LogP contribution in [0.5, 0.6) is 0 Å². The molecule has 4 N–H and O–H groups in total. The predicted octanol–water partition coefficient (Wildman–Crippen LogP) is 2.64. The Morgan fingerprint density at radius 2 is 1.83 bits per heavy atom. The van der Waals surface area contributed by atoms with Gasteiger partial charge in [-0.25, -0.2) is 17.6 Å². The van der Waals surface area contributed by atoms with Crippen LogP contribution in [-0.2, 0) is 25.9 Å². The molecule has 1 heterocycles. The number of nitrogens with two attached hydrogens (primary N) is 1. The standard InChI is InChI=1S/C20H19F3N2O4S/c21-16-6-5-15(9-13(16)10-24)30(28,29)20(7-8-25-11-20)14-3-1-12(2-4-14)17(18(22)23)19(26)27/h1-6,9,25H,7-8,10-11,24H2,(H,26,27)/t20-/m0/s1. The molecule has 0 spiro atoms. The molecule has 2 aromatic rings. The van der Waals surface area contributed by atoms with Crippen molar-refractivity contribution in [2.75, 3.05) is 13.1 Å². The lowest BCUT2D eigenvalue weighted by Gasteiger charge is -2.29. The third-order valence-corrected chi connectivity index (χ3v) is 7.77. The van der Waals surface area contributed by atoms with Crippen molar-refractivity contribution in [2.24, 2.45) is 5.73 Å². The van der Waals surface area contributed by atoms with Crippen LogP contribution in [0.25, 0.3) is 5.57 Å².